The molecule has 0 aromatic heterocycles. The molecular formula is C13H10BrO5P. The van der Waals surface area contributed by atoms with Crippen LogP contribution in [0.3, 0.4) is 0 Å². The van der Waals surface area contributed by atoms with Gasteiger partial charge in [-0.25, -0.2) is 4.57 Å². The van der Waals surface area contributed by atoms with Gasteiger partial charge in [0.1, 0.15) is 5.75 Å². The van der Waals surface area contributed by atoms with E-state index in [9.17, 15) is 9.36 Å². The van der Waals surface area contributed by atoms with Gasteiger partial charge in [-0.05, 0) is 24.3 Å². The van der Waals surface area contributed by atoms with Gasteiger partial charge in [-0.2, -0.15) is 0 Å². The van der Waals surface area contributed by atoms with Gasteiger partial charge in [0, 0.05) is 15.6 Å². The molecule has 0 saturated carbocycles. The fourth-order valence-corrected chi connectivity index (χ4v) is 2.42. The summed E-state index contributed by atoms with van der Waals surface area (Å²) >= 11 is 3.28. The van der Waals surface area contributed by atoms with Crippen LogP contribution in [0.1, 0.15) is 15.9 Å². The highest BCUT2D eigenvalue weighted by molar-refractivity contribution is 9.10. The summed E-state index contributed by atoms with van der Waals surface area (Å²) in [6.45, 7) is 0. The smallest absolute Gasteiger partial charge is 0.404 e. The summed E-state index contributed by atoms with van der Waals surface area (Å²) in [7, 11) is -4.64. The zero-order chi connectivity index (χ0) is 14.8. The molecule has 0 fully saturated rings. The Hall–Kier alpha value is -1.46. The van der Waals surface area contributed by atoms with Gasteiger partial charge in [-0.3, -0.25) is 14.6 Å². The van der Waals surface area contributed by atoms with Crippen LogP contribution in [0, 0.1) is 0 Å². The van der Waals surface area contributed by atoms with Crippen molar-refractivity contribution in [3.05, 3.63) is 64.1 Å². The zero-order valence-electron chi connectivity index (χ0n) is 10.1. The summed E-state index contributed by atoms with van der Waals surface area (Å²) in [6.07, 6.45) is 0. The molecule has 2 aromatic rings. The minimum Gasteiger partial charge on any atom is -0.404 e. The first-order chi connectivity index (χ1) is 9.35. The number of phosphoric acid groups is 1. The van der Waals surface area contributed by atoms with E-state index in [1.165, 1.54) is 18.2 Å². The lowest BCUT2D eigenvalue weighted by molar-refractivity contribution is 0.103. The number of hydrogen-bond acceptors (Lipinski definition) is 3. The Balaban J connectivity index is 2.31. The highest BCUT2D eigenvalue weighted by Crippen LogP contribution is 2.37. The largest absolute Gasteiger partial charge is 0.524 e. The predicted octanol–water partition coefficient (Wildman–Crippen LogP) is 3.15. The van der Waals surface area contributed by atoms with E-state index < -0.39 is 7.82 Å². The molecule has 2 N–H and O–H groups in total. The maximum absolute atomic E-state index is 12.2. The van der Waals surface area contributed by atoms with E-state index in [4.69, 9.17) is 9.79 Å². The Kier molecular flexibility index (Phi) is 4.40. The third-order valence-corrected chi connectivity index (χ3v) is 3.35. The Bertz CT molecular complexity index is 695. The molecule has 5 nitrogen and oxygen atoms in total. The average Bonchev–Trinajstić information content (AvgIpc) is 2.36. The Labute approximate surface area is 123 Å². The normalized spacial score (nSPS) is 11.2. The van der Waals surface area contributed by atoms with E-state index in [1.54, 1.807) is 30.3 Å². The molecule has 0 bridgehead atoms. The molecule has 0 atom stereocenters. The molecule has 0 amide bonds. The van der Waals surface area contributed by atoms with E-state index in [-0.39, 0.29) is 17.1 Å². The molecular weight excluding hydrogens is 347 g/mol. The van der Waals surface area contributed by atoms with E-state index in [0.717, 1.165) is 4.47 Å². The van der Waals surface area contributed by atoms with Crippen molar-refractivity contribution in [2.24, 2.45) is 0 Å². The Morgan fingerprint density at radius 1 is 1.05 bits per heavy atom. The molecule has 0 aliphatic carbocycles. The minimum absolute atomic E-state index is 0.0563. The van der Waals surface area contributed by atoms with E-state index in [2.05, 4.69) is 20.5 Å². The van der Waals surface area contributed by atoms with E-state index in [0.29, 0.717) is 5.56 Å². The molecule has 0 saturated heterocycles. The van der Waals surface area contributed by atoms with Crippen LogP contribution >= 0.6 is 23.8 Å². The van der Waals surface area contributed by atoms with Crippen LogP contribution in [0.5, 0.6) is 5.75 Å². The summed E-state index contributed by atoms with van der Waals surface area (Å²) in [6, 6.07) is 12.6. The van der Waals surface area contributed by atoms with Gasteiger partial charge in [0.15, 0.2) is 5.78 Å². The third kappa shape index (κ3) is 4.02. The third-order valence-electron chi connectivity index (χ3n) is 2.41. The monoisotopic (exact) mass is 356 g/mol. The first-order valence-electron chi connectivity index (χ1n) is 5.51. The van der Waals surface area contributed by atoms with Gasteiger partial charge in [-0.15, -0.1) is 0 Å². The van der Waals surface area contributed by atoms with Crippen molar-refractivity contribution in [3.63, 3.8) is 0 Å². The minimum atomic E-state index is -4.64. The van der Waals surface area contributed by atoms with Crippen LogP contribution < -0.4 is 4.52 Å². The number of carbonyl (C=O) groups excluding carboxylic acids is 1. The number of benzene rings is 2. The molecule has 2 rings (SSSR count). The molecule has 0 radical (unpaired) electrons. The molecule has 7 heteroatoms. The second kappa shape index (κ2) is 5.89. The molecule has 104 valence electrons. The fourth-order valence-electron chi connectivity index (χ4n) is 1.63. The highest BCUT2D eigenvalue weighted by atomic mass is 79.9. The number of carbonyl (C=O) groups is 1. The van der Waals surface area contributed by atoms with Crippen molar-refractivity contribution in [3.8, 4) is 5.75 Å². The molecule has 0 unspecified atom stereocenters. The van der Waals surface area contributed by atoms with Crippen molar-refractivity contribution in [2.75, 3.05) is 0 Å². The maximum atomic E-state index is 12.2. The van der Waals surface area contributed by atoms with Gasteiger partial charge >= 0.3 is 7.82 Å². The molecule has 0 aliphatic rings. The summed E-state index contributed by atoms with van der Waals surface area (Å²) in [5.74, 6) is -0.318. The molecule has 0 spiro atoms. The maximum Gasteiger partial charge on any atom is 0.524 e. The van der Waals surface area contributed by atoms with Gasteiger partial charge in [0.2, 0.25) is 0 Å². The topological polar surface area (TPSA) is 83.8 Å². The highest BCUT2D eigenvalue weighted by Gasteiger charge is 2.17. The van der Waals surface area contributed by atoms with Crippen LogP contribution in [0.2, 0.25) is 0 Å². The van der Waals surface area contributed by atoms with Crippen molar-refractivity contribution >= 4 is 29.5 Å². The SMILES string of the molecule is O=C(c1cccc(Br)c1)c1cccc(OP(=O)(O)O)c1. The Morgan fingerprint density at radius 3 is 2.25 bits per heavy atom. The van der Waals surface area contributed by atoms with Crippen LogP contribution in [-0.4, -0.2) is 15.6 Å². The van der Waals surface area contributed by atoms with Crippen LogP contribution in [0.15, 0.2) is 53.0 Å². The first-order valence-corrected chi connectivity index (χ1v) is 7.83. The molecule has 20 heavy (non-hydrogen) atoms. The number of phosphoric ester groups is 1. The average molecular weight is 357 g/mol. The zero-order valence-corrected chi connectivity index (χ0v) is 12.5. The van der Waals surface area contributed by atoms with Crippen molar-refractivity contribution < 1.29 is 23.7 Å². The fraction of sp³-hybridized carbons (Fsp3) is 0. The van der Waals surface area contributed by atoms with Crippen LogP contribution in [0.4, 0.5) is 0 Å². The van der Waals surface area contributed by atoms with Gasteiger partial charge in [0.05, 0.1) is 0 Å². The molecule has 0 heterocycles. The number of ketones is 1. The van der Waals surface area contributed by atoms with E-state index >= 15 is 0 Å². The lowest BCUT2D eigenvalue weighted by Crippen LogP contribution is -2.01. The number of halogens is 1. The standard InChI is InChI=1S/C13H10BrO5P/c14-11-5-1-3-9(7-11)13(15)10-4-2-6-12(8-10)19-20(16,17)18/h1-8H,(H2,16,17,18). The van der Waals surface area contributed by atoms with Gasteiger partial charge in [-0.1, -0.05) is 40.2 Å². The quantitative estimate of drug-likeness (QED) is 0.649. The number of hydrogen-bond donors (Lipinski definition) is 2. The van der Waals surface area contributed by atoms with Crippen molar-refractivity contribution in [1.29, 1.82) is 0 Å². The lowest BCUT2D eigenvalue weighted by atomic mass is 10.0. The summed E-state index contributed by atoms with van der Waals surface area (Å²) in [4.78, 5) is 29.7. The summed E-state index contributed by atoms with van der Waals surface area (Å²) in [5.41, 5.74) is 0.752. The summed E-state index contributed by atoms with van der Waals surface area (Å²) in [5, 5.41) is 0. The predicted molar refractivity (Wildman–Crippen MR) is 76.7 cm³/mol. The second-order valence-corrected chi connectivity index (χ2v) is 6.03. The lowest BCUT2D eigenvalue weighted by Gasteiger charge is -2.08. The molecule has 2 aromatic carbocycles. The first kappa shape index (κ1) is 14.9. The van der Waals surface area contributed by atoms with E-state index in [1.807, 2.05) is 0 Å². The molecule has 0 aliphatic heterocycles. The van der Waals surface area contributed by atoms with Gasteiger partial charge in [0.25, 0.3) is 0 Å². The van der Waals surface area contributed by atoms with Crippen molar-refractivity contribution in [1.82, 2.24) is 0 Å². The Morgan fingerprint density at radius 2 is 1.65 bits per heavy atom. The number of rotatable bonds is 4. The van der Waals surface area contributed by atoms with Crippen LogP contribution in [-0.2, 0) is 4.57 Å². The van der Waals surface area contributed by atoms with Crippen LogP contribution in [0.25, 0.3) is 0 Å². The summed E-state index contributed by atoms with van der Waals surface area (Å²) < 4.78 is 16.0. The van der Waals surface area contributed by atoms with Crippen molar-refractivity contribution in [2.45, 2.75) is 0 Å². The second-order valence-electron chi connectivity index (χ2n) is 3.95. The van der Waals surface area contributed by atoms with Gasteiger partial charge < -0.3 is 4.52 Å².